The summed E-state index contributed by atoms with van der Waals surface area (Å²) in [4.78, 5) is 4.44. The summed E-state index contributed by atoms with van der Waals surface area (Å²) in [6.45, 7) is 0.835. The van der Waals surface area contributed by atoms with Crippen LogP contribution in [0.25, 0.3) is 11.5 Å². The molecule has 1 N–H and O–H groups in total. The van der Waals surface area contributed by atoms with Gasteiger partial charge < -0.3 is 4.42 Å². The summed E-state index contributed by atoms with van der Waals surface area (Å²) in [6.07, 6.45) is 4.33. The fourth-order valence-electron chi connectivity index (χ4n) is 2.08. The Bertz CT molecular complexity index is 606. The molecule has 0 fully saturated rings. The molecule has 20 heavy (non-hydrogen) atoms. The van der Waals surface area contributed by atoms with Gasteiger partial charge in [0.25, 0.3) is 0 Å². The lowest BCUT2D eigenvalue weighted by molar-refractivity contribution is 0.587. The molecule has 0 saturated heterocycles. The van der Waals surface area contributed by atoms with Gasteiger partial charge in [-0.25, -0.2) is 4.39 Å². The molecule has 0 unspecified atom stereocenters. The number of aliphatic imine (C=N–C) groups is 1. The van der Waals surface area contributed by atoms with Crippen molar-refractivity contribution in [2.24, 2.45) is 4.99 Å². The number of nitrogens with zero attached hydrogens (tertiary/aromatic N) is 3. The first-order chi connectivity index (χ1) is 9.81. The minimum Gasteiger partial charge on any atom is -0.403 e. The topological polar surface area (TPSA) is 63.3 Å². The van der Waals surface area contributed by atoms with Gasteiger partial charge in [-0.15, -0.1) is 5.10 Å². The summed E-state index contributed by atoms with van der Waals surface area (Å²) < 4.78 is 18.4. The third-order valence-corrected chi connectivity index (χ3v) is 3.14. The van der Waals surface area contributed by atoms with Crippen LogP contribution in [0.3, 0.4) is 0 Å². The van der Waals surface area contributed by atoms with Crippen LogP contribution in [0.1, 0.15) is 25.7 Å². The predicted octanol–water partition coefficient (Wildman–Crippen LogP) is 3.26. The normalized spacial score (nSPS) is 15.6. The third kappa shape index (κ3) is 3.01. The van der Waals surface area contributed by atoms with Crippen molar-refractivity contribution in [2.75, 3.05) is 11.9 Å². The largest absolute Gasteiger partial charge is 0.403 e. The van der Waals surface area contributed by atoms with E-state index in [0.29, 0.717) is 17.5 Å². The average Bonchev–Trinajstić information content (AvgIpc) is 2.76. The van der Waals surface area contributed by atoms with Crippen LogP contribution >= 0.6 is 0 Å². The highest BCUT2D eigenvalue weighted by molar-refractivity contribution is 5.93. The van der Waals surface area contributed by atoms with Crippen molar-refractivity contribution in [1.82, 2.24) is 10.2 Å². The zero-order valence-corrected chi connectivity index (χ0v) is 11.0. The van der Waals surface area contributed by atoms with Gasteiger partial charge in [-0.2, -0.15) is 0 Å². The Hall–Kier alpha value is -2.24. The van der Waals surface area contributed by atoms with E-state index in [1.807, 2.05) is 0 Å². The highest BCUT2D eigenvalue weighted by Crippen LogP contribution is 2.20. The molecule has 0 radical (unpaired) electrons. The molecule has 1 aromatic heterocycles. The van der Waals surface area contributed by atoms with E-state index in [1.165, 1.54) is 18.6 Å². The van der Waals surface area contributed by atoms with Crippen molar-refractivity contribution >= 4 is 11.9 Å². The summed E-state index contributed by atoms with van der Waals surface area (Å²) in [7, 11) is 0. The smallest absolute Gasteiger partial charge is 0.321 e. The molecule has 0 aliphatic carbocycles. The number of hydrogen-bond acceptors (Lipinski definition) is 5. The van der Waals surface area contributed by atoms with Crippen molar-refractivity contribution in [3.63, 3.8) is 0 Å². The molecule has 0 amide bonds. The van der Waals surface area contributed by atoms with Crippen LogP contribution in [0.2, 0.25) is 0 Å². The quantitative estimate of drug-likeness (QED) is 0.913. The molecular formula is C14H15FN4O. The van der Waals surface area contributed by atoms with Crippen LogP contribution in [0.5, 0.6) is 0 Å². The zero-order chi connectivity index (χ0) is 13.8. The summed E-state index contributed by atoms with van der Waals surface area (Å²) in [5, 5.41) is 10.9. The lowest BCUT2D eigenvalue weighted by Crippen LogP contribution is -2.11. The summed E-state index contributed by atoms with van der Waals surface area (Å²) in [5.41, 5.74) is 0.690. The van der Waals surface area contributed by atoms with E-state index in [4.69, 9.17) is 4.42 Å². The van der Waals surface area contributed by atoms with Gasteiger partial charge in [-0.3, -0.25) is 10.3 Å². The Labute approximate surface area is 115 Å². The van der Waals surface area contributed by atoms with Crippen LogP contribution in [-0.2, 0) is 0 Å². The Balaban J connectivity index is 1.73. The molecule has 6 heteroatoms. The van der Waals surface area contributed by atoms with E-state index >= 15 is 0 Å². The van der Waals surface area contributed by atoms with Crippen LogP contribution < -0.4 is 5.32 Å². The molecule has 0 spiro atoms. The van der Waals surface area contributed by atoms with Gasteiger partial charge >= 0.3 is 6.01 Å². The second-order valence-corrected chi connectivity index (χ2v) is 4.68. The van der Waals surface area contributed by atoms with E-state index in [0.717, 1.165) is 31.6 Å². The number of amidine groups is 1. The first-order valence-corrected chi connectivity index (χ1v) is 6.71. The monoisotopic (exact) mass is 274 g/mol. The molecule has 2 heterocycles. The average molecular weight is 274 g/mol. The molecule has 0 bridgehead atoms. The van der Waals surface area contributed by atoms with Gasteiger partial charge in [0.1, 0.15) is 11.7 Å². The van der Waals surface area contributed by atoms with Crippen molar-refractivity contribution in [3.8, 4) is 11.5 Å². The van der Waals surface area contributed by atoms with E-state index < -0.39 is 0 Å². The second-order valence-electron chi connectivity index (χ2n) is 4.68. The third-order valence-electron chi connectivity index (χ3n) is 3.14. The lowest BCUT2D eigenvalue weighted by Gasteiger charge is -2.02. The maximum absolute atomic E-state index is 12.9. The number of nitrogens with one attached hydrogen (secondary N) is 1. The fourth-order valence-corrected chi connectivity index (χ4v) is 2.08. The number of rotatable bonds is 2. The lowest BCUT2D eigenvalue weighted by atomic mass is 10.2. The van der Waals surface area contributed by atoms with Gasteiger partial charge in [0.15, 0.2) is 0 Å². The van der Waals surface area contributed by atoms with E-state index in [9.17, 15) is 4.39 Å². The minimum absolute atomic E-state index is 0.292. The number of hydrogen-bond donors (Lipinski definition) is 1. The number of halogens is 1. The van der Waals surface area contributed by atoms with Crippen molar-refractivity contribution in [1.29, 1.82) is 0 Å². The molecule has 0 atom stereocenters. The number of anilines is 1. The predicted molar refractivity (Wildman–Crippen MR) is 74.1 cm³/mol. The summed E-state index contributed by atoms with van der Waals surface area (Å²) >= 11 is 0. The fraction of sp³-hybridized carbons (Fsp3) is 0.357. The standard InChI is InChI=1S/C14H15FN4O/c15-11-7-5-10(6-8-11)13-18-19-14(20-13)17-12-4-2-1-3-9-16-12/h5-8H,1-4,9H2,(H,16,17,19). The van der Waals surface area contributed by atoms with E-state index in [-0.39, 0.29) is 5.82 Å². The van der Waals surface area contributed by atoms with Gasteiger partial charge in [-0.05, 0) is 37.1 Å². The summed E-state index contributed by atoms with van der Waals surface area (Å²) in [6, 6.07) is 6.26. The Morgan fingerprint density at radius 2 is 1.90 bits per heavy atom. The Morgan fingerprint density at radius 1 is 1.05 bits per heavy atom. The molecule has 1 aliphatic rings. The summed E-state index contributed by atoms with van der Waals surface area (Å²) in [5.74, 6) is 0.956. The van der Waals surface area contributed by atoms with Crippen molar-refractivity contribution in [3.05, 3.63) is 30.1 Å². The van der Waals surface area contributed by atoms with E-state index in [2.05, 4.69) is 20.5 Å². The van der Waals surface area contributed by atoms with Gasteiger partial charge in [0.2, 0.25) is 5.89 Å². The van der Waals surface area contributed by atoms with Crippen LogP contribution in [-0.4, -0.2) is 22.6 Å². The minimum atomic E-state index is -0.292. The van der Waals surface area contributed by atoms with Gasteiger partial charge in [0.05, 0.1) is 0 Å². The molecule has 104 valence electrons. The first-order valence-electron chi connectivity index (χ1n) is 6.71. The first kappa shape index (κ1) is 12.8. The maximum atomic E-state index is 12.9. The van der Waals surface area contributed by atoms with Gasteiger partial charge in [-0.1, -0.05) is 11.5 Å². The SMILES string of the molecule is Fc1ccc(-c2nnc(NC3=NCCCCC3)o2)cc1. The number of aromatic nitrogens is 2. The van der Waals surface area contributed by atoms with Crippen molar-refractivity contribution < 1.29 is 8.81 Å². The molecule has 2 aromatic rings. The van der Waals surface area contributed by atoms with Gasteiger partial charge in [0, 0.05) is 18.5 Å². The Morgan fingerprint density at radius 3 is 2.75 bits per heavy atom. The highest BCUT2D eigenvalue weighted by atomic mass is 19.1. The maximum Gasteiger partial charge on any atom is 0.321 e. The van der Waals surface area contributed by atoms with Crippen LogP contribution in [0, 0.1) is 5.82 Å². The van der Waals surface area contributed by atoms with Crippen molar-refractivity contribution in [2.45, 2.75) is 25.7 Å². The molecule has 1 aromatic carbocycles. The molecular weight excluding hydrogens is 259 g/mol. The molecule has 3 rings (SSSR count). The number of benzene rings is 1. The van der Waals surface area contributed by atoms with E-state index in [1.54, 1.807) is 12.1 Å². The Kier molecular flexibility index (Phi) is 3.71. The van der Waals surface area contributed by atoms with Crippen LogP contribution in [0.4, 0.5) is 10.4 Å². The molecule has 0 saturated carbocycles. The van der Waals surface area contributed by atoms with Crippen LogP contribution in [0.15, 0.2) is 33.7 Å². The molecule has 5 nitrogen and oxygen atoms in total. The highest BCUT2D eigenvalue weighted by Gasteiger charge is 2.11. The second kappa shape index (κ2) is 5.81. The molecule has 1 aliphatic heterocycles. The zero-order valence-electron chi connectivity index (χ0n) is 11.0.